The quantitative estimate of drug-likeness (QED) is 0.443. The molecule has 35 heavy (non-hydrogen) atoms. The summed E-state index contributed by atoms with van der Waals surface area (Å²) in [6.45, 7) is -0.183. The van der Waals surface area contributed by atoms with Crippen molar-refractivity contribution in [3.8, 4) is 5.75 Å². The zero-order chi connectivity index (χ0) is 24.8. The van der Waals surface area contributed by atoms with E-state index in [9.17, 15) is 14.4 Å². The molecular formula is C29H28ClNO4. The van der Waals surface area contributed by atoms with Crippen LogP contribution in [-0.2, 0) is 20.8 Å². The lowest BCUT2D eigenvalue weighted by molar-refractivity contribution is -0.148. The number of Topliss-reactive ketones (excluding diaryl/α,β-unsaturated/α-hetero) is 1. The minimum Gasteiger partial charge on any atom is -0.496 e. The highest BCUT2D eigenvalue weighted by Gasteiger charge is 2.35. The number of hydrogen-bond donors (Lipinski definition) is 0. The van der Waals surface area contributed by atoms with Crippen LogP contribution in [0, 0.1) is 5.92 Å². The van der Waals surface area contributed by atoms with Crippen LogP contribution in [-0.4, -0.2) is 36.2 Å². The second-order valence-corrected chi connectivity index (χ2v) is 9.27. The molecule has 1 saturated heterocycles. The molecule has 2 amide bonds. The molecule has 0 radical (unpaired) electrons. The van der Waals surface area contributed by atoms with Crippen LogP contribution in [0.25, 0.3) is 0 Å². The van der Waals surface area contributed by atoms with E-state index in [1.54, 1.807) is 25.3 Å². The number of rotatable bonds is 7. The van der Waals surface area contributed by atoms with Crippen molar-refractivity contribution in [2.75, 3.05) is 13.7 Å². The van der Waals surface area contributed by atoms with E-state index >= 15 is 0 Å². The molecule has 1 heterocycles. The zero-order valence-corrected chi connectivity index (χ0v) is 20.4. The number of halogens is 1. The van der Waals surface area contributed by atoms with Gasteiger partial charge in [0.25, 0.3) is 0 Å². The van der Waals surface area contributed by atoms with E-state index in [1.807, 2.05) is 60.7 Å². The summed E-state index contributed by atoms with van der Waals surface area (Å²) in [6.07, 6.45) is 1.09. The van der Waals surface area contributed by atoms with E-state index in [0.29, 0.717) is 23.6 Å². The lowest BCUT2D eigenvalue weighted by Gasteiger charge is -2.25. The number of amides is 2. The first kappa shape index (κ1) is 24.7. The summed E-state index contributed by atoms with van der Waals surface area (Å²) in [5, 5.41) is 0.541. The summed E-state index contributed by atoms with van der Waals surface area (Å²) in [5.74, 6) is -0.868. The average molecular weight is 490 g/mol. The van der Waals surface area contributed by atoms with E-state index in [2.05, 4.69) is 0 Å². The molecule has 1 unspecified atom stereocenters. The maximum Gasteiger partial charge on any atom is 0.233 e. The highest BCUT2D eigenvalue weighted by Crippen LogP contribution is 2.31. The Bertz CT molecular complexity index is 1160. The number of methoxy groups -OCH3 is 1. The van der Waals surface area contributed by atoms with Crippen molar-refractivity contribution in [2.24, 2.45) is 5.92 Å². The molecule has 6 heteroatoms. The van der Waals surface area contributed by atoms with Crippen LogP contribution in [0.1, 0.15) is 41.9 Å². The number of hydrogen-bond acceptors (Lipinski definition) is 4. The van der Waals surface area contributed by atoms with Gasteiger partial charge in [0, 0.05) is 29.7 Å². The van der Waals surface area contributed by atoms with Crippen LogP contribution in [0.5, 0.6) is 5.75 Å². The minimum absolute atomic E-state index is 0.0975. The fourth-order valence-corrected chi connectivity index (χ4v) is 4.86. The highest BCUT2D eigenvalue weighted by atomic mass is 35.5. The summed E-state index contributed by atoms with van der Waals surface area (Å²) in [5.41, 5.74) is 2.76. The fourth-order valence-electron chi connectivity index (χ4n) is 4.67. The molecule has 3 aromatic carbocycles. The van der Waals surface area contributed by atoms with E-state index in [4.69, 9.17) is 16.3 Å². The molecule has 0 saturated carbocycles. The first-order valence-electron chi connectivity index (χ1n) is 11.7. The molecule has 1 aliphatic rings. The lowest BCUT2D eigenvalue weighted by atomic mass is 9.88. The smallest absolute Gasteiger partial charge is 0.233 e. The number of carbonyl (C=O) groups is 3. The number of carbonyl (C=O) groups excluding carboxylic acids is 3. The number of benzene rings is 3. The van der Waals surface area contributed by atoms with E-state index in [0.717, 1.165) is 21.6 Å². The predicted molar refractivity (Wildman–Crippen MR) is 136 cm³/mol. The van der Waals surface area contributed by atoms with Crippen molar-refractivity contribution in [2.45, 2.75) is 31.6 Å². The average Bonchev–Trinajstić information content (AvgIpc) is 3.02. The molecule has 4 rings (SSSR count). The predicted octanol–water partition coefficient (Wildman–Crippen LogP) is 5.45. The van der Waals surface area contributed by atoms with E-state index < -0.39 is 5.92 Å². The summed E-state index contributed by atoms with van der Waals surface area (Å²) in [4.78, 5) is 40.8. The molecule has 0 aromatic heterocycles. The Balaban J connectivity index is 1.59. The van der Waals surface area contributed by atoms with Crippen LogP contribution < -0.4 is 4.74 Å². The van der Waals surface area contributed by atoms with Crippen molar-refractivity contribution in [3.63, 3.8) is 0 Å². The van der Waals surface area contributed by atoms with Crippen LogP contribution in [0.15, 0.2) is 78.9 Å². The van der Waals surface area contributed by atoms with Gasteiger partial charge in [-0.3, -0.25) is 19.3 Å². The number of ketones is 1. The van der Waals surface area contributed by atoms with Gasteiger partial charge >= 0.3 is 0 Å². The SMILES string of the molecule is COc1ccc(Cl)cc1CC1CCC(=O)CN(C(=O)CC(c2ccccc2)c2ccccc2)C1=O. The summed E-state index contributed by atoms with van der Waals surface area (Å²) in [7, 11) is 1.56. The monoisotopic (exact) mass is 489 g/mol. The summed E-state index contributed by atoms with van der Waals surface area (Å²) in [6, 6.07) is 24.8. The number of likely N-dealkylation sites (tertiary alicyclic amines) is 1. The van der Waals surface area contributed by atoms with Gasteiger partial charge in [0.2, 0.25) is 11.8 Å². The van der Waals surface area contributed by atoms with Crippen molar-refractivity contribution in [3.05, 3.63) is 101 Å². The zero-order valence-electron chi connectivity index (χ0n) is 19.7. The third kappa shape index (κ3) is 5.98. The van der Waals surface area contributed by atoms with Gasteiger partial charge < -0.3 is 4.74 Å². The third-order valence-electron chi connectivity index (χ3n) is 6.51. The molecule has 0 bridgehead atoms. The van der Waals surface area contributed by atoms with Crippen LogP contribution in [0.3, 0.4) is 0 Å². The van der Waals surface area contributed by atoms with Gasteiger partial charge in [0.05, 0.1) is 13.7 Å². The Hall–Kier alpha value is -3.44. The normalized spacial score (nSPS) is 16.3. The van der Waals surface area contributed by atoms with Crippen molar-refractivity contribution in [1.82, 2.24) is 4.90 Å². The van der Waals surface area contributed by atoms with Crippen molar-refractivity contribution >= 4 is 29.2 Å². The highest BCUT2D eigenvalue weighted by molar-refractivity contribution is 6.30. The topological polar surface area (TPSA) is 63.7 Å². The molecule has 3 aromatic rings. The Labute approximate surface area is 210 Å². The third-order valence-corrected chi connectivity index (χ3v) is 6.75. The Morgan fingerprint density at radius 2 is 1.63 bits per heavy atom. The molecule has 5 nitrogen and oxygen atoms in total. The van der Waals surface area contributed by atoms with Gasteiger partial charge in [0.1, 0.15) is 5.75 Å². The molecule has 180 valence electrons. The van der Waals surface area contributed by atoms with Gasteiger partial charge in [-0.25, -0.2) is 0 Å². The van der Waals surface area contributed by atoms with Gasteiger partial charge in [-0.1, -0.05) is 72.3 Å². The molecule has 0 N–H and O–H groups in total. The Kier molecular flexibility index (Phi) is 7.98. The second-order valence-electron chi connectivity index (χ2n) is 8.83. The van der Waals surface area contributed by atoms with Crippen LogP contribution in [0.4, 0.5) is 0 Å². The molecule has 1 fully saturated rings. The molecule has 0 spiro atoms. The first-order chi connectivity index (χ1) is 17.0. The van der Waals surface area contributed by atoms with E-state index in [1.165, 1.54) is 0 Å². The summed E-state index contributed by atoms with van der Waals surface area (Å²) >= 11 is 6.18. The van der Waals surface area contributed by atoms with Crippen molar-refractivity contribution < 1.29 is 19.1 Å². The summed E-state index contributed by atoms with van der Waals surface area (Å²) < 4.78 is 5.44. The van der Waals surface area contributed by atoms with Crippen LogP contribution >= 0.6 is 11.6 Å². The van der Waals surface area contributed by atoms with Crippen LogP contribution in [0.2, 0.25) is 5.02 Å². The maximum absolute atomic E-state index is 13.6. The maximum atomic E-state index is 13.6. The largest absolute Gasteiger partial charge is 0.496 e. The molecule has 1 atom stereocenters. The number of imide groups is 1. The van der Waals surface area contributed by atoms with Gasteiger partial charge in [-0.2, -0.15) is 0 Å². The van der Waals surface area contributed by atoms with E-state index in [-0.39, 0.29) is 42.9 Å². The Morgan fingerprint density at radius 1 is 1.00 bits per heavy atom. The Morgan fingerprint density at radius 3 is 2.23 bits per heavy atom. The van der Waals surface area contributed by atoms with Crippen molar-refractivity contribution in [1.29, 1.82) is 0 Å². The number of nitrogens with zero attached hydrogens (tertiary/aromatic N) is 1. The van der Waals surface area contributed by atoms with Gasteiger partial charge in [-0.05, 0) is 47.7 Å². The first-order valence-corrected chi connectivity index (χ1v) is 12.1. The minimum atomic E-state index is -0.510. The standard InChI is InChI=1S/C29H28ClNO4/c1-35-27-15-13-24(30)17-23(27)16-22-12-14-25(32)19-31(29(22)34)28(33)18-26(20-8-4-2-5-9-20)21-10-6-3-7-11-21/h2-11,13,15,17,22,26H,12,14,16,18-19H2,1H3. The molecule has 0 aliphatic carbocycles. The lowest BCUT2D eigenvalue weighted by Crippen LogP contribution is -2.42. The fraction of sp³-hybridized carbons (Fsp3) is 0.276. The molecular weight excluding hydrogens is 462 g/mol. The van der Waals surface area contributed by atoms with Gasteiger partial charge in [0.15, 0.2) is 5.78 Å². The van der Waals surface area contributed by atoms with Gasteiger partial charge in [-0.15, -0.1) is 0 Å². The molecule has 1 aliphatic heterocycles. The second kappa shape index (κ2) is 11.3. The number of ether oxygens (including phenoxy) is 1.